The van der Waals surface area contributed by atoms with Gasteiger partial charge < -0.3 is 33.8 Å². The van der Waals surface area contributed by atoms with Crippen LogP contribution in [0.1, 0.15) is 374 Å². The third-order valence-electron chi connectivity index (χ3n) is 17.8. The number of phosphoric acid groups is 2. The molecule has 0 spiro atoms. The fraction of sp³-hybridized carbons (Fsp3) is 0.788. The Morgan fingerprint density at radius 3 is 0.788 bits per heavy atom. The van der Waals surface area contributed by atoms with E-state index in [-0.39, 0.29) is 25.7 Å². The number of carbonyl (C=O) groups excluding carboxylic acids is 4. The lowest BCUT2D eigenvalue weighted by Crippen LogP contribution is -2.30. The molecule has 0 rings (SSSR count). The molecule has 0 aromatic rings. The summed E-state index contributed by atoms with van der Waals surface area (Å²) in [6.45, 7) is 4.80. The third kappa shape index (κ3) is 76.4. The number of hydrogen-bond donors (Lipinski definition) is 3. The van der Waals surface area contributed by atoms with Crippen LogP contribution in [0.3, 0.4) is 0 Å². The predicted molar refractivity (Wildman–Crippen MR) is 427 cm³/mol. The van der Waals surface area contributed by atoms with E-state index in [1.54, 1.807) is 0 Å². The minimum absolute atomic E-state index is 0.0684. The molecule has 19 heteroatoms. The van der Waals surface area contributed by atoms with Crippen LogP contribution < -0.4 is 0 Å². The first-order chi connectivity index (χ1) is 50.7. The molecule has 0 saturated carbocycles. The van der Waals surface area contributed by atoms with Gasteiger partial charge in [0.1, 0.15) is 19.3 Å². The highest BCUT2D eigenvalue weighted by Crippen LogP contribution is 2.45. The fourth-order valence-corrected chi connectivity index (χ4v) is 13.0. The van der Waals surface area contributed by atoms with Crippen molar-refractivity contribution in [3.63, 3.8) is 0 Å². The maximum Gasteiger partial charge on any atom is 0.472 e. The number of esters is 4. The van der Waals surface area contributed by atoms with Crippen LogP contribution in [-0.4, -0.2) is 96.7 Å². The monoisotopic (exact) mass is 1510 g/mol. The summed E-state index contributed by atoms with van der Waals surface area (Å²) in [5.41, 5.74) is 0. The highest BCUT2D eigenvalue weighted by atomic mass is 31.2. The van der Waals surface area contributed by atoms with Crippen LogP contribution in [0.15, 0.2) is 85.1 Å². The standard InChI is InChI=1S/C85H152O17P2/c1-5-9-13-17-21-25-29-33-37-39-43-45-49-53-57-61-65-69-82(87)95-75-80(101-84(89)71-67-63-59-55-51-47-41-35-31-27-23-19-15-11-7-3)77-99-103(91,92)97-73-79(86)74-98-104(93,94)100-78-81(102-85(90)72-68-64-60-56-52-48-42-36-32-28-24-20-16-12-8-4)76-96-83(88)70-66-62-58-54-50-46-44-40-38-34-30-26-22-18-14-10-6-2/h21,23,25,27,33,35-37,41-43,45,53,57,79-81,86H,5-20,22,24,26,28-32,34,38-40,44,46-52,54-56,58-78H2,1-4H3,(H,91,92)(H,93,94)/b25-21-,27-23-,37-33-,41-35-,42-36-,45-43-,57-53-/t79-,80-,81-/m1/s1. The van der Waals surface area contributed by atoms with Crippen LogP contribution in [0.4, 0.5) is 0 Å². The van der Waals surface area contributed by atoms with Crippen molar-refractivity contribution in [2.24, 2.45) is 0 Å². The average Bonchev–Trinajstić information content (AvgIpc) is 0.937. The van der Waals surface area contributed by atoms with E-state index in [1.807, 2.05) is 12.2 Å². The Morgan fingerprint density at radius 1 is 0.269 bits per heavy atom. The molecule has 2 unspecified atom stereocenters. The van der Waals surface area contributed by atoms with Crippen LogP contribution in [0, 0.1) is 0 Å². The molecule has 0 aromatic heterocycles. The van der Waals surface area contributed by atoms with Crippen molar-refractivity contribution in [1.82, 2.24) is 0 Å². The number of aliphatic hydroxyl groups excluding tert-OH is 1. The summed E-state index contributed by atoms with van der Waals surface area (Å²) < 4.78 is 68.7. The normalized spacial score (nSPS) is 14.3. The van der Waals surface area contributed by atoms with Gasteiger partial charge in [-0.05, 0) is 122 Å². The van der Waals surface area contributed by atoms with Gasteiger partial charge in [-0.15, -0.1) is 0 Å². The van der Waals surface area contributed by atoms with Gasteiger partial charge in [0.15, 0.2) is 12.2 Å². The van der Waals surface area contributed by atoms with Crippen molar-refractivity contribution in [3.8, 4) is 0 Å². The van der Waals surface area contributed by atoms with Crippen LogP contribution in [0.25, 0.3) is 0 Å². The molecule has 3 N–H and O–H groups in total. The molecule has 0 bridgehead atoms. The second-order valence-corrected chi connectivity index (χ2v) is 31.0. The van der Waals surface area contributed by atoms with Crippen LogP contribution in [0.5, 0.6) is 0 Å². The topological polar surface area (TPSA) is 237 Å². The van der Waals surface area contributed by atoms with Gasteiger partial charge in [0, 0.05) is 25.7 Å². The van der Waals surface area contributed by atoms with Gasteiger partial charge in [0.2, 0.25) is 0 Å². The molecule has 0 amide bonds. The van der Waals surface area contributed by atoms with Gasteiger partial charge in [-0.2, -0.15) is 0 Å². The summed E-state index contributed by atoms with van der Waals surface area (Å²) in [6.07, 6.45) is 81.3. The molecule has 104 heavy (non-hydrogen) atoms. The quantitative estimate of drug-likeness (QED) is 0.0169. The molecule has 0 aromatic carbocycles. The Kier molecular flexibility index (Phi) is 74.6. The van der Waals surface area contributed by atoms with Crippen molar-refractivity contribution in [3.05, 3.63) is 85.1 Å². The lowest BCUT2D eigenvalue weighted by Gasteiger charge is -2.21. The summed E-state index contributed by atoms with van der Waals surface area (Å²) in [7, 11) is -9.97. The highest BCUT2D eigenvalue weighted by Gasteiger charge is 2.30. The molecule has 0 saturated heterocycles. The zero-order chi connectivity index (χ0) is 76.0. The van der Waals surface area contributed by atoms with E-state index in [2.05, 4.69) is 101 Å². The third-order valence-corrected chi connectivity index (χ3v) is 19.7. The van der Waals surface area contributed by atoms with Crippen LogP contribution >= 0.6 is 15.6 Å². The predicted octanol–water partition coefficient (Wildman–Crippen LogP) is 24.6. The molecular formula is C85H152O17P2. The van der Waals surface area contributed by atoms with E-state index in [9.17, 15) is 43.2 Å². The Bertz CT molecular complexity index is 2300. The fourth-order valence-electron chi connectivity index (χ4n) is 11.4. The van der Waals surface area contributed by atoms with E-state index in [4.69, 9.17) is 37.0 Å². The van der Waals surface area contributed by atoms with Gasteiger partial charge >= 0.3 is 39.5 Å². The van der Waals surface area contributed by atoms with Crippen LogP contribution in [-0.2, 0) is 65.4 Å². The first-order valence-corrected chi connectivity index (χ1v) is 44.8. The highest BCUT2D eigenvalue weighted by molar-refractivity contribution is 7.47. The molecule has 0 aliphatic heterocycles. The van der Waals surface area contributed by atoms with E-state index < -0.39 is 97.5 Å². The second kappa shape index (κ2) is 77.4. The minimum atomic E-state index is -4.99. The van der Waals surface area contributed by atoms with Crippen molar-refractivity contribution in [2.45, 2.75) is 393 Å². The summed E-state index contributed by atoms with van der Waals surface area (Å²) in [5.74, 6) is -2.24. The Morgan fingerprint density at radius 2 is 0.481 bits per heavy atom. The van der Waals surface area contributed by atoms with Crippen molar-refractivity contribution in [1.29, 1.82) is 0 Å². The zero-order valence-electron chi connectivity index (χ0n) is 66.2. The summed E-state index contributed by atoms with van der Waals surface area (Å²) in [6, 6.07) is 0. The minimum Gasteiger partial charge on any atom is -0.462 e. The number of rotatable bonds is 79. The maximum absolute atomic E-state index is 13.1. The summed E-state index contributed by atoms with van der Waals surface area (Å²) >= 11 is 0. The van der Waals surface area contributed by atoms with Gasteiger partial charge in [-0.3, -0.25) is 37.3 Å². The molecule has 0 radical (unpaired) electrons. The molecule has 0 heterocycles. The van der Waals surface area contributed by atoms with E-state index >= 15 is 0 Å². The Balaban J connectivity index is 5.39. The molecule has 604 valence electrons. The number of hydrogen-bond acceptors (Lipinski definition) is 15. The van der Waals surface area contributed by atoms with Crippen LogP contribution in [0.2, 0.25) is 0 Å². The average molecular weight is 1510 g/mol. The molecule has 0 aliphatic carbocycles. The van der Waals surface area contributed by atoms with E-state index in [0.29, 0.717) is 32.1 Å². The van der Waals surface area contributed by atoms with Crippen molar-refractivity contribution in [2.75, 3.05) is 39.6 Å². The summed E-state index contributed by atoms with van der Waals surface area (Å²) in [4.78, 5) is 73.1. The smallest absolute Gasteiger partial charge is 0.462 e. The summed E-state index contributed by atoms with van der Waals surface area (Å²) in [5, 5.41) is 10.7. The van der Waals surface area contributed by atoms with Gasteiger partial charge in [-0.25, -0.2) is 9.13 Å². The first-order valence-electron chi connectivity index (χ1n) is 41.8. The maximum atomic E-state index is 13.1. The lowest BCUT2D eigenvalue weighted by atomic mass is 10.0. The number of carbonyl (C=O) groups is 4. The van der Waals surface area contributed by atoms with E-state index in [0.717, 1.165) is 128 Å². The molecular weight excluding hydrogens is 1350 g/mol. The van der Waals surface area contributed by atoms with Gasteiger partial charge in [0.25, 0.3) is 0 Å². The van der Waals surface area contributed by atoms with E-state index in [1.165, 1.54) is 161 Å². The second-order valence-electron chi connectivity index (χ2n) is 28.1. The SMILES string of the molecule is CCCCC/C=C\C/C=C\C/C=C\C/C=C\CCCC(=O)OC[C@H](COP(=O)(O)OC[C@@H](O)COP(=O)(O)OC[C@@H](COC(=O)CCCCCCCCCCCCCCCCCCC)OC(=O)CCCCCCC/C=C\CCCCCCCC)OC(=O)CCCCCCC/C=C\C/C=C\CCCCC. The van der Waals surface area contributed by atoms with Gasteiger partial charge in [-0.1, -0.05) is 312 Å². The molecule has 5 atom stereocenters. The zero-order valence-corrected chi connectivity index (χ0v) is 68.0. The van der Waals surface area contributed by atoms with Gasteiger partial charge in [0.05, 0.1) is 26.4 Å². The first kappa shape index (κ1) is 100. The van der Waals surface area contributed by atoms with Crippen molar-refractivity contribution < 1.29 is 80.2 Å². The van der Waals surface area contributed by atoms with Crippen molar-refractivity contribution >= 4 is 39.5 Å². The number of allylic oxidation sites excluding steroid dienone is 14. The Labute approximate surface area is 634 Å². The lowest BCUT2D eigenvalue weighted by molar-refractivity contribution is -0.161. The number of unbranched alkanes of at least 4 members (excludes halogenated alkanes) is 39. The molecule has 0 fully saturated rings. The number of phosphoric ester groups is 2. The molecule has 17 nitrogen and oxygen atoms in total. The number of aliphatic hydroxyl groups is 1. The molecule has 0 aliphatic rings. The Hall–Kier alpha value is -3.76. The largest absolute Gasteiger partial charge is 0.472 e. The number of ether oxygens (including phenoxy) is 4.